The molecular formula is C19H23N3O3. The van der Waals surface area contributed by atoms with Gasteiger partial charge < -0.3 is 14.6 Å². The summed E-state index contributed by atoms with van der Waals surface area (Å²) in [4.78, 5) is 2.88. The molecule has 0 unspecified atom stereocenters. The summed E-state index contributed by atoms with van der Waals surface area (Å²) in [5, 5.41) is 13.4. The normalized spacial score (nSPS) is 13.0. The van der Waals surface area contributed by atoms with Crippen molar-refractivity contribution in [1.82, 2.24) is 0 Å². The summed E-state index contributed by atoms with van der Waals surface area (Å²) in [6.07, 6.45) is 0. The standard InChI is InChI=1S/C19H23N3O3/c20-22-21-19(15-25-13-17-9-5-2-6-10-17)18(11-23)14-24-12-16-7-3-1-4-8-16/h1-10,18-19,23H,11-15H2/t18-,19+/m1/s1. The van der Waals surface area contributed by atoms with Gasteiger partial charge >= 0.3 is 0 Å². The zero-order valence-corrected chi connectivity index (χ0v) is 14.1. The van der Waals surface area contributed by atoms with Gasteiger partial charge in [0, 0.05) is 17.4 Å². The maximum absolute atomic E-state index is 9.62. The number of ether oxygens (including phenoxy) is 2. The van der Waals surface area contributed by atoms with Crippen LogP contribution in [-0.4, -0.2) is 31.0 Å². The van der Waals surface area contributed by atoms with Gasteiger partial charge in [-0.25, -0.2) is 0 Å². The van der Waals surface area contributed by atoms with Crippen molar-refractivity contribution in [2.45, 2.75) is 19.3 Å². The third-order valence-corrected chi connectivity index (χ3v) is 3.82. The van der Waals surface area contributed by atoms with Gasteiger partial charge in [-0.15, -0.1) is 0 Å². The summed E-state index contributed by atoms with van der Waals surface area (Å²) in [5.74, 6) is -0.310. The van der Waals surface area contributed by atoms with Gasteiger partial charge in [0.15, 0.2) is 0 Å². The van der Waals surface area contributed by atoms with Crippen molar-refractivity contribution in [3.8, 4) is 0 Å². The van der Waals surface area contributed by atoms with Gasteiger partial charge in [0.25, 0.3) is 0 Å². The van der Waals surface area contributed by atoms with Crippen molar-refractivity contribution < 1.29 is 14.6 Å². The number of hydrogen-bond donors (Lipinski definition) is 1. The van der Waals surface area contributed by atoms with E-state index in [0.29, 0.717) is 19.8 Å². The number of nitrogens with zero attached hydrogens (tertiary/aromatic N) is 3. The quantitative estimate of drug-likeness (QED) is 0.384. The molecule has 0 radical (unpaired) electrons. The SMILES string of the molecule is [N-]=[N+]=N[C@@H](COCc1ccccc1)[C@H](CO)COCc1ccccc1. The van der Waals surface area contributed by atoms with Crippen molar-refractivity contribution in [1.29, 1.82) is 0 Å². The van der Waals surface area contributed by atoms with E-state index < -0.39 is 6.04 Å². The van der Waals surface area contributed by atoms with E-state index in [9.17, 15) is 5.11 Å². The van der Waals surface area contributed by atoms with Crippen LogP contribution in [0.3, 0.4) is 0 Å². The molecule has 0 aliphatic heterocycles. The largest absolute Gasteiger partial charge is 0.396 e. The Kier molecular flexibility index (Phi) is 8.52. The van der Waals surface area contributed by atoms with E-state index in [1.54, 1.807) is 0 Å². The van der Waals surface area contributed by atoms with E-state index in [2.05, 4.69) is 10.0 Å². The minimum atomic E-state index is -0.477. The fraction of sp³-hybridized carbons (Fsp3) is 0.368. The first-order valence-electron chi connectivity index (χ1n) is 8.22. The lowest BCUT2D eigenvalue weighted by molar-refractivity contribution is 0.0255. The highest BCUT2D eigenvalue weighted by Gasteiger charge is 2.20. The number of aliphatic hydroxyl groups excluding tert-OH is 1. The molecule has 0 saturated heterocycles. The number of aliphatic hydroxyl groups is 1. The Morgan fingerprint density at radius 2 is 1.40 bits per heavy atom. The third kappa shape index (κ3) is 6.95. The molecule has 0 amide bonds. The second-order valence-electron chi connectivity index (χ2n) is 5.72. The average Bonchev–Trinajstić information content (AvgIpc) is 2.66. The van der Waals surface area contributed by atoms with Crippen molar-refractivity contribution in [2.24, 2.45) is 11.0 Å². The topological polar surface area (TPSA) is 87.5 Å². The molecule has 2 atom stereocenters. The lowest BCUT2D eigenvalue weighted by atomic mass is 10.0. The molecule has 0 spiro atoms. The average molecular weight is 341 g/mol. The van der Waals surface area contributed by atoms with E-state index in [4.69, 9.17) is 15.0 Å². The van der Waals surface area contributed by atoms with Gasteiger partial charge in [-0.1, -0.05) is 65.8 Å². The maximum Gasteiger partial charge on any atom is 0.0717 e. The number of azide groups is 1. The zero-order valence-electron chi connectivity index (χ0n) is 14.1. The first kappa shape index (κ1) is 19.0. The molecule has 0 aliphatic rings. The first-order valence-corrected chi connectivity index (χ1v) is 8.22. The van der Waals surface area contributed by atoms with Crippen LogP contribution in [0.5, 0.6) is 0 Å². The van der Waals surface area contributed by atoms with E-state index in [1.807, 2.05) is 60.7 Å². The Balaban J connectivity index is 1.81. The van der Waals surface area contributed by atoms with Crippen LogP contribution < -0.4 is 0 Å². The van der Waals surface area contributed by atoms with Crippen LogP contribution in [0.4, 0.5) is 0 Å². The molecule has 0 fully saturated rings. The van der Waals surface area contributed by atoms with Crippen molar-refractivity contribution in [2.75, 3.05) is 19.8 Å². The molecule has 0 bridgehead atoms. The molecule has 25 heavy (non-hydrogen) atoms. The molecule has 0 heterocycles. The molecule has 2 aromatic carbocycles. The minimum absolute atomic E-state index is 0.132. The Labute approximate surface area is 147 Å². The number of hydrogen-bond acceptors (Lipinski definition) is 4. The summed E-state index contributed by atoms with van der Waals surface area (Å²) < 4.78 is 11.3. The molecule has 2 aromatic rings. The van der Waals surface area contributed by atoms with Crippen LogP contribution in [0.15, 0.2) is 65.8 Å². The Morgan fingerprint density at radius 3 is 1.88 bits per heavy atom. The van der Waals surface area contributed by atoms with E-state index in [-0.39, 0.29) is 19.1 Å². The van der Waals surface area contributed by atoms with Crippen LogP contribution >= 0.6 is 0 Å². The summed E-state index contributed by atoms with van der Waals surface area (Å²) in [7, 11) is 0. The van der Waals surface area contributed by atoms with Crippen molar-refractivity contribution in [3.05, 3.63) is 82.2 Å². The summed E-state index contributed by atoms with van der Waals surface area (Å²) in [5.41, 5.74) is 10.9. The first-order chi connectivity index (χ1) is 12.3. The van der Waals surface area contributed by atoms with Crippen molar-refractivity contribution in [3.63, 3.8) is 0 Å². The highest BCUT2D eigenvalue weighted by molar-refractivity contribution is 5.14. The Morgan fingerprint density at radius 1 is 0.880 bits per heavy atom. The van der Waals surface area contributed by atoms with E-state index >= 15 is 0 Å². The van der Waals surface area contributed by atoms with Crippen LogP contribution in [0.1, 0.15) is 11.1 Å². The van der Waals surface area contributed by atoms with Gasteiger partial charge in [-0.2, -0.15) is 0 Å². The van der Waals surface area contributed by atoms with E-state index in [1.165, 1.54) is 0 Å². The predicted molar refractivity (Wildman–Crippen MR) is 95.7 cm³/mol. The molecular weight excluding hydrogens is 318 g/mol. The zero-order chi connectivity index (χ0) is 17.7. The molecule has 0 aromatic heterocycles. The molecule has 6 nitrogen and oxygen atoms in total. The van der Waals surface area contributed by atoms with Gasteiger partial charge in [0.05, 0.1) is 32.5 Å². The number of rotatable bonds is 11. The summed E-state index contributed by atoms with van der Waals surface area (Å²) in [6.45, 7) is 1.28. The van der Waals surface area contributed by atoms with Crippen LogP contribution in [-0.2, 0) is 22.7 Å². The fourth-order valence-corrected chi connectivity index (χ4v) is 2.39. The molecule has 2 rings (SSSR count). The smallest absolute Gasteiger partial charge is 0.0717 e. The fourth-order valence-electron chi connectivity index (χ4n) is 2.39. The van der Waals surface area contributed by atoms with Crippen LogP contribution in [0.2, 0.25) is 0 Å². The second-order valence-corrected chi connectivity index (χ2v) is 5.72. The monoisotopic (exact) mass is 341 g/mol. The van der Waals surface area contributed by atoms with Crippen molar-refractivity contribution >= 4 is 0 Å². The molecule has 132 valence electrons. The minimum Gasteiger partial charge on any atom is -0.396 e. The van der Waals surface area contributed by atoms with Gasteiger partial charge in [0.1, 0.15) is 0 Å². The lowest BCUT2D eigenvalue weighted by Crippen LogP contribution is -2.30. The number of benzene rings is 2. The van der Waals surface area contributed by atoms with Crippen LogP contribution in [0, 0.1) is 5.92 Å². The molecule has 6 heteroatoms. The Hall–Kier alpha value is -2.37. The van der Waals surface area contributed by atoms with Gasteiger partial charge in [-0.3, -0.25) is 0 Å². The second kappa shape index (κ2) is 11.2. The lowest BCUT2D eigenvalue weighted by Gasteiger charge is -2.21. The highest BCUT2D eigenvalue weighted by atomic mass is 16.5. The van der Waals surface area contributed by atoms with E-state index in [0.717, 1.165) is 11.1 Å². The summed E-state index contributed by atoms with van der Waals surface area (Å²) >= 11 is 0. The molecule has 0 saturated carbocycles. The Bertz CT molecular complexity index is 645. The predicted octanol–water partition coefficient (Wildman–Crippen LogP) is 3.71. The molecule has 0 aliphatic carbocycles. The third-order valence-electron chi connectivity index (χ3n) is 3.82. The maximum atomic E-state index is 9.62. The molecule has 1 N–H and O–H groups in total. The van der Waals surface area contributed by atoms with Crippen LogP contribution in [0.25, 0.3) is 10.4 Å². The van der Waals surface area contributed by atoms with Gasteiger partial charge in [-0.05, 0) is 16.7 Å². The highest BCUT2D eigenvalue weighted by Crippen LogP contribution is 2.12. The van der Waals surface area contributed by atoms with Gasteiger partial charge in [0.2, 0.25) is 0 Å². The summed E-state index contributed by atoms with van der Waals surface area (Å²) in [6, 6.07) is 19.1.